The summed E-state index contributed by atoms with van der Waals surface area (Å²) >= 11 is 0. The Morgan fingerprint density at radius 2 is 1.72 bits per heavy atom. The molecule has 7 nitrogen and oxygen atoms in total. The van der Waals surface area contributed by atoms with Gasteiger partial charge in [0.1, 0.15) is 5.60 Å². The van der Waals surface area contributed by atoms with E-state index in [0.717, 1.165) is 32.2 Å². The van der Waals surface area contributed by atoms with E-state index < -0.39 is 11.6 Å². The fourth-order valence-electron chi connectivity index (χ4n) is 3.85. The molecule has 0 radical (unpaired) electrons. The van der Waals surface area contributed by atoms with E-state index in [1.807, 2.05) is 20.8 Å². The van der Waals surface area contributed by atoms with Gasteiger partial charge in [0.25, 0.3) is 0 Å². The lowest BCUT2D eigenvalue weighted by molar-refractivity contribution is 0.0179. The lowest BCUT2D eigenvalue weighted by Crippen LogP contribution is -2.40. The smallest absolute Gasteiger partial charge is 0.410 e. The minimum atomic E-state index is -1.00. The predicted octanol–water partition coefficient (Wildman–Crippen LogP) is 3.88. The zero-order chi connectivity index (χ0) is 21.6. The first-order chi connectivity index (χ1) is 13.5. The van der Waals surface area contributed by atoms with Crippen molar-refractivity contribution >= 4 is 12.1 Å². The van der Waals surface area contributed by atoms with E-state index >= 15 is 0 Å². The predicted molar refractivity (Wildman–Crippen MR) is 112 cm³/mol. The molecule has 162 valence electrons. The highest BCUT2D eigenvalue weighted by molar-refractivity contribution is 5.87. The van der Waals surface area contributed by atoms with Gasteiger partial charge in [-0.1, -0.05) is 0 Å². The summed E-state index contributed by atoms with van der Waals surface area (Å²) in [5.41, 5.74) is 0.134. The van der Waals surface area contributed by atoms with Crippen LogP contribution in [-0.4, -0.2) is 64.7 Å². The van der Waals surface area contributed by atoms with Crippen LogP contribution in [0.4, 0.5) is 4.79 Å². The second-order valence-corrected chi connectivity index (χ2v) is 9.35. The zero-order valence-electron chi connectivity index (χ0n) is 18.4. The summed E-state index contributed by atoms with van der Waals surface area (Å²) in [7, 11) is 4.21. The van der Waals surface area contributed by atoms with Gasteiger partial charge in [0, 0.05) is 19.3 Å². The van der Waals surface area contributed by atoms with E-state index in [0.29, 0.717) is 24.1 Å². The molecule has 0 aliphatic heterocycles. The highest BCUT2D eigenvalue weighted by Gasteiger charge is 2.28. The third kappa shape index (κ3) is 8.01. The number of hydrogen-bond donors (Lipinski definition) is 1. The average Bonchev–Trinajstić information content (AvgIpc) is 2.61. The van der Waals surface area contributed by atoms with Crippen LogP contribution in [0.25, 0.3) is 0 Å². The second kappa shape index (κ2) is 10.1. The van der Waals surface area contributed by atoms with Gasteiger partial charge in [-0.25, -0.2) is 9.59 Å². The van der Waals surface area contributed by atoms with Crippen LogP contribution in [0.1, 0.15) is 62.5 Å². The molecule has 0 bridgehead atoms. The number of nitrogens with zero attached hydrogens (tertiary/aromatic N) is 3. The van der Waals surface area contributed by atoms with Gasteiger partial charge in [0.05, 0.1) is 17.8 Å². The van der Waals surface area contributed by atoms with Crippen molar-refractivity contribution in [2.45, 2.75) is 58.6 Å². The molecule has 1 amide bonds. The van der Waals surface area contributed by atoms with E-state index in [1.54, 1.807) is 4.90 Å². The molecule has 1 saturated carbocycles. The number of aromatic carboxylic acids is 1. The third-order valence-electron chi connectivity index (χ3n) is 5.14. The van der Waals surface area contributed by atoms with Crippen LogP contribution in [0, 0.1) is 11.8 Å². The van der Waals surface area contributed by atoms with Crippen molar-refractivity contribution in [3.63, 3.8) is 0 Å². The van der Waals surface area contributed by atoms with Gasteiger partial charge in [-0.05, 0) is 84.5 Å². The van der Waals surface area contributed by atoms with E-state index in [2.05, 4.69) is 24.0 Å². The van der Waals surface area contributed by atoms with E-state index in [4.69, 9.17) is 4.74 Å². The molecule has 0 saturated heterocycles. The number of carboxylic acids is 1. The Kier molecular flexibility index (Phi) is 8.02. The second-order valence-electron chi connectivity index (χ2n) is 9.35. The minimum Gasteiger partial charge on any atom is -0.478 e. The Bertz CT molecular complexity index is 692. The van der Waals surface area contributed by atoms with Crippen LogP contribution >= 0.6 is 0 Å². The molecular formula is C22H35N3O4. The molecule has 1 aromatic heterocycles. The highest BCUT2D eigenvalue weighted by Crippen LogP contribution is 2.30. The Morgan fingerprint density at radius 1 is 1.14 bits per heavy atom. The fourth-order valence-corrected chi connectivity index (χ4v) is 3.85. The number of carbonyl (C=O) groups excluding carboxylic acids is 1. The minimum absolute atomic E-state index is 0.170. The standard InChI is InChI=1S/C22H35N3O4/c1-22(2,3)29-21(28)25(15-19-12-18(20(26)27)10-11-23-19)14-17-8-6-16(7-9-17)13-24(4)5/h10-12,16-17H,6-9,13-15H2,1-5H3,(H,26,27). The highest BCUT2D eigenvalue weighted by atomic mass is 16.6. The molecule has 1 heterocycles. The molecular weight excluding hydrogens is 370 g/mol. The number of ether oxygens (including phenoxy) is 1. The van der Waals surface area contributed by atoms with Crippen LogP contribution in [0.2, 0.25) is 0 Å². The number of aromatic nitrogens is 1. The molecule has 2 rings (SSSR count). The average molecular weight is 406 g/mol. The van der Waals surface area contributed by atoms with Gasteiger partial charge in [-0.2, -0.15) is 0 Å². The number of hydrogen-bond acceptors (Lipinski definition) is 5. The lowest BCUT2D eigenvalue weighted by Gasteiger charge is -2.34. The first-order valence-corrected chi connectivity index (χ1v) is 10.3. The zero-order valence-corrected chi connectivity index (χ0v) is 18.4. The van der Waals surface area contributed by atoms with Crippen LogP contribution in [-0.2, 0) is 11.3 Å². The van der Waals surface area contributed by atoms with E-state index in [9.17, 15) is 14.7 Å². The monoisotopic (exact) mass is 405 g/mol. The van der Waals surface area contributed by atoms with Gasteiger partial charge >= 0.3 is 12.1 Å². The van der Waals surface area contributed by atoms with Crippen LogP contribution in [0.5, 0.6) is 0 Å². The number of amides is 1. The molecule has 1 fully saturated rings. The fraction of sp³-hybridized carbons (Fsp3) is 0.682. The quantitative estimate of drug-likeness (QED) is 0.741. The number of pyridine rings is 1. The molecule has 0 atom stereocenters. The van der Waals surface area contributed by atoms with Gasteiger partial charge < -0.3 is 19.6 Å². The number of rotatable bonds is 7. The Morgan fingerprint density at radius 3 is 2.24 bits per heavy atom. The Balaban J connectivity index is 2.07. The maximum atomic E-state index is 12.8. The van der Waals surface area contributed by atoms with Crippen molar-refractivity contribution in [3.8, 4) is 0 Å². The van der Waals surface area contributed by atoms with Crippen molar-refractivity contribution in [1.29, 1.82) is 0 Å². The van der Waals surface area contributed by atoms with Gasteiger partial charge in [-0.3, -0.25) is 4.98 Å². The van der Waals surface area contributed by atoms with Crippen molar-refractivity contribution in [2.24, 2.45) is 11.8 Å². The lowest BCUT2D eigenvalue weighted by atomic mass is 9.81. The maximum absolute atomic E-state index is 12.8. The first-order valence-electron chi connectivity index (χ1n) is 10.3. The summed E-state index contributed by atoms with van der Waals surface area (Å²) < 4.78 is 5.60. The van der Waals surface area contributed by atoms with Gasteiger partial charge in [0.15, 0.2) is 0 Å². The largest absolute Gasteiger partial charge is 0.478 e. The number of carboxylic acid groups (broad SMARTS) is 1. The molecule has 1 aliphatic carbocycles. The van der Waals surface area contributed by atoms with Gasteiger partial charge in [0.2, 0.25) is 0 Å². The van der Waals surface area contributed by atoms with Crippen LogP contribution < -0.4 is 0 Å². The van der Waals surface area contributed by atoms with Crippen molar-refractivity contribution in [2.75, 3.05) is 27.2 Å². The normalized spacial score (nSPS) is 19.8. The summed E-state index contributed by atoms with van der Waals surface area (Å²) in [5.74, 6) is 0.130. The van der Waals surface area contributed by atoms with Crippen molar-refractivity contribution in [1.82, 2.24) is 14.8 Å². The van der Waals surface area contributed by atoms with Crippen LogP contribution in [0.3, 0.4) is 0 Å². The summed E-state index contributed by atoms with van der Waals surface area (Å²) in [6.07, 6.45) is 5.59. The van der Waals surface area contributed by atoms with Crippen molar-refractivity contribution < 1.29 is 19.4 Å². The Labute approximate surface area is 174 Å². The number of carbonyl (C=O) groups is 2. The summed E-state index contributed by atoms with van der Waals surface area (Å²) in [6, 6.07) is 2.98. The molecule has 0 spiro atoms. The van der Waals surface area contributed by atoms with Gasteiger partial charge in [-0.15, -0.1) is 0 Å². The van der Waals surface area contributed by atoms with E-state index in [1.165, 1.54) is 18.3 Å². The molecule has 0 aromatic carbocycles. The SMILES string of the molecule is CN(C)CC1CCC(CN(Cc2cc(C(=O)O)ccn2)C(=O)OC(C)(C)C)CC1. The molecule has 1 N–H and O–H groups in total. The molecule has 1 aliphatic rings. The van der Waals surface area contributed by atoms with Crippen molar-refractivity contribution in [3.05, 3.63) is 29.6 Å². The Hall–Kier alpha value is -2.15. The maximum Gasteiger partial charge on any atom is 0.410 e. The van der Waals surface area contributed by atoms with Crippen LogP contribution in [0.15, 0.2) is 18.3 Å². The topological polar surface area (TPSA) is 83.0 Å². The summed E-state index contributed by atoms with van der Waals surface area (Å²) in [4.78, 5) is 32.2. The third-order valence-corrected chi connectivity index (χ3v) is 5.14. The van der Waals surface area contributed by atoms with E-state index in [-0.39, 0.29) is 18.2 Å². The summed E-state index contributed by atoms with van der Waals surface area (Å²) in [5, 5.41) is 9.22. The molecule has 29 heavy (non-hydrogen) atoms. The molecule has 7 heteroatoms. The molecule has 0 unspecified atom stereocenters. The molecule has 1 aromatic rings. The first kappa shape index (κ1) is 23.1. The summed E-state index contributed by atoms with van der Waals surface area (Å²) in [6.45, 7) is 7.49.